The van der Waals surface area contributed by atoms with E-state index in [9.17, 15) is 14.7 Å². The topological polar surface area (TPSA) is 107 Å². The number of methoxy groups -OCH3 is 3. The number of ether oxygens (including phenoxy) is 3. The molecule has 1 aromatic carbocycles. The van der Waals surface area contributed by atoms with Crippen LogP contribution >= 0.6 is 0 Å². The number of nitrogens with one attached hydrogen (secondary N) is 1. The maximum Gasteiger partial charge on any atom is 0.343 e. The number of carbonyl (C=O) groups is 1. The molecule has 0 aliphatic rings. The highest BCUT2D eigenvalue weighted by Crippen LogP contribution is 2.45. The van der Waals surface area contributed by atoms with Gasteiger partial charge in [-0.3, -0.25) is 4.79 Å². The second-order valence-corrected chi connectivity index (χ2v) is 5.80. The third-order valence-electron chi connectivity index (χ3n) is 4.22. The number of aryl methyl sites for hydroxylation is 1. The molecule has 2 N–H and O–H groups in total. The van der Waals surface area contributed by atoms with Crippen LogP contribution in [0.25, 0.3) is 0 Å². The summed E-state index contributed by atoms with van der Waals surface area (Å²) in [5, 5.41) is 12.9. The lowest BCUT2D eigenvalue weighted by atomic mass is 9.87. The minimum Gasteiger partial charge on any atom is -0.507 e. The van der Waals surface area contributed by atoms with Crippen LogP contribution in [-0.4, -0.2) is 39.4 Å². The third kappa shape index (κ3) is 3.99. The number of carbonyl (C=O) groups excluding carboxylic acids is 1. The Balaban J connectivity index is 2.77. The number of aromatic hydroxyl groups is 1. The zero-order valence-electron chi connectivity index (χ0n) is 15.9. The highest BCUT2D eigenvalue weighted by atomic mass is 16.5. The molecule has 0 spiro atoms. The van der Waals surface area contributed by atoms with Gasteiger partial charge in [0.05, 0.1) is 26.9 Å². The van der Waals surface area contributed by atoms with E-state index in [1.807, 2.05) is 0 Å². The second-order valence-electron chi connectivity index (χ2n) is 5.80. The van der Waals surface area contributed by atoms with E-state index in [0.717, 1.165) is 0 Å². The summed E-state index contributed by atoms with van der Waals surface area (Å²) in [7, 11) is 5.87. The molecule has 146 valence electrons. The van der Waals surface area contributed by atoms with E-state index in [1.165, 1.54) is 34.4 Å². The lowest BCUT2D eigenvalue weighted by Crippen LogP contribution is -2.24. The van der Waals surface area contributed by atoms with Gasteiger partial charge in [0.2, 0.25) is 11.7 Å². The van der Waals surface area contributed by atoms with E-state index in [4.69, 9.17) is 18.6 Å². The van der Waals surface area contributed by atoms with Crippen LogP contribution in [0.1, 0.15) is 29.2 Å². The van der Waals surface area contributed by atoms with E-state index in [0.29, 0.717) is 22.8 Å². The van der Waals surface area contributed by atoms with E-state index in [-0.39, 0.29) is 29.4 Å². The maximum absolute atomic E-state index is 12.5. The third-order valence-corrected chi connectivity index (χ3v) is 4.22. The molecule has 27 heavy (non-hydrogen) atoms. The summed E-state index contributed by atoms with van der Waals surface area (Å²) in [6, 6.07) is 4.63. The number of hydrogen-bond acceptors (Lipinski definition) is 7. The molecule has 0 unspecified atom stereocenters. The van der Waals surface area contributed by atoms with Crippen molar-refractivity contribution >= 4 is 5.91 Å². The van der Waals surface area contributed by atoms with Crippen molar-refractivity contribution < 1.29 is 28.5 Å². The smallest absolute Gasteiger partial charge is 0.343 e. The molecule has 1 atom stereocenters. The van der Waals surface area contributed by atoms with Crippen LogP contribution in [-0.2, 0) is 4.79 Å². The Hall–Kier alpha value is -3.16. The number of hydrogen-bond donors (Lipinski definition) is 2. The van der Waals surface area contributed by atoms with Crippen LogP contribution < -0.4 is 25.2 Å². The van der Waals surface area contributed by atoms with Gasteiger partial charge in [-0.1, -0.05) is 6.07 Å². The SMILES string of the molecule is CNC(=O)C[C@@H](c1ccc(OC)c(OC)c1OC)c1c(O)cc(C)oc1=O. The minimum absolute atomic E-state index is 0.0327. The first-order valence-electron chi connectivity index (χ1n) is 8.20. The fraction of sp³-hybridized carbons (Fsp3) is 0.368. The molecule has 2 aromatic rings. The standard InChI is InChI=1S/C19H23NO7/c1-10-8-13(21)16(19(23)27-10)12(9-15(22)20-2)11-6-7-14(24-3)18(26-5)17(11)25-4/h6-8,12,21H,9H2,1-5H3,(H,20,22)/t12-/m0/s1. The van der Waals surface area contributed by atoms with Crippen LogP contribution in [0.3, 0.4) is 0 Å². The summed E-state index contributed by atoms with van der Waals surface area (Å²) >= 11 is 0. The van der Waals surface area contributed by atoms with Crippen LogP contribution in [0, 0.1) is 6.92 Å². The molecule has 0 saturated heterocycles. The molecule has 0 aliphatic carbocycles. The van der Waals surface area contributed by atoms with Crippen LogP contribution in [0.4, 0.5) is 0 Å². The van der Waals surface area contributed by atoms with E-state index < -0.39 is 11.5 Å². The summed E-state index contributed by atoms with van der Waals surface area (Å²) in [6.45, 7) is 1.55. The molecule has 1 heterocycles. The molecule has 0 aliphatic heterocycles. The Morgan fingerprint density at radius 3 is 2.37 bits per heavy atom. The molecule has 8 heteroatoms. The van der Waals surface area contributed by atoms with Gasteiger partial charge in [-0.15, -0.1) is 0 Å². The van der Waals surface area contributed by atoms with Crippen molar-refractivity contribution in [2.45, 2.75) is 19.3 Å². The van der Waals surface area contributed by atoms with Crippen molar-refractivity contribution in [2.75, 3.05) is 28.4 Å². The van der Waals surface area contributed by atoms with E-state index in [1.54, 1.807) is 19.1 Å². The second kappa shape index (κ2) is 8.48. The van der Waals surface area contributed by atoms with Crippen molar-refractivity contribution in [1.82, 2.24) is 5.32 Å². The number of amides is 1. The predicted molar refractivity (Wildman–Crippen MR) is 98.0 cm³/mol. The van der Waals surface area contributed by atoms with Gasteiger partial charge in [0.15, 0.2) is 11.5 Å². The number of rotatable bonds is 7. The van der Waals surface area contributed by atoms with E-state index >= 15 is 0 Å². The quantitative estimate of drug-likeness (QED) is 0.759. The zero-order chi connectivity index (χ0) is 20.1. The van der Waals surface area contributed by atoms with Crippen molar-refractivity contribution in [2.24, 2.45) is 0 Å². The average molecular weight is 377 g/mol. The summed E-state index contributed by atoms with van der Waals surface area (Å²) in [5.74, 6) is -0.0982. The van der Waals surface area contributed by atoms with Gasteiger partial charge in [0.25, 0.3) is 0 Å². The fourth-order valence-electron chi connectivity index (χ4n) is 2.98. The van der Waals surface area contributed by atoms with Crippen LogP contribution in [0.15, 0.2) is 27.4 Å². The summed E-state index contributed by atoms with van der Waals surface area (Å²) < 4.78 is 21.3. The number of benzene rings is 1. The molecular weight excluding hydrogens is 354 g/mol. The van der Waals surface area contributed by atoms with Crippen LogP contribution in [0.2, 0.25) is 0 Å². The van der Waals surface area contributed by atoms with Gasteiger partial charge in [0, 0.05) is 31.0 Å². The minimum atomic E-state index is -0.823. The lowest BCUT2D eigenvalue weighted by molar-refractivity contribution is -0.120. The largest absolute Gasteiger partial charge is 0.507 e. The maximum atomic E-state index is 12.5. The molecule has 8 nitrogen and oxygen atoms in total. The summed E-state index contributed by atoms with van der Waals surface area (Å²) in [5.41, 5.74) is -0.279. The van der Waals surface area contributed by atoms with Gasteiger partial charge in [-0.2, -0.15) is 0 Å². The van der Waals surface area contributed by atoms with E-state index in [2.05, 4.69) is 5.32 Å². The van der Waals surface area contributed by atoms with Crippen LogP contribution in [0.5, 0.6) is 23.0 Å². The molecule has 0 bridgehead atoms. The summed E-state index contributed by atoms with van der Waals surface area (Å²) in [6.07, 6.45) is -0.107. The highest BCUT2D eigenvalue weighted by molar-refractivity contribution is 5.78. The molecule has 0 saturated carbocycles. The molecule has 2 rings (SSSR count). The molecule has 0 fully saturated rings. The molecular formula is C19H23NO7. The monoisotopic (exact) mass is 377 g/mol. The van der Waals surface area contributed by atoms with Crippen molar-refractivity contribution in [3.63, 3.8) is 0 Å². The Morgan fingerprint density at radius 2 is 1.85 bits per heavy atom. The Morgan fingerprint density at radius 1 is 1.19 bits per heavy atom. The first-order chi connectivity index (χ1) is 12.9. The fourth-order valence-corrected chi connectivity index (χ4v) is 2.98. The Kier molecular flexibility index (Phi) is 6.33. The normalized spacial score (nSPS) is 11.6. The van der Waals surface area contributed by atoms with Gasteiger partial charge in [-0.25, -0.2) is 4.79 Å². The molecule has 0 radical (unpaired) electrons. The first-order valence-corrected chi connectivity index (χ1v) is 8.20. The van der Waals surface area contributed by atoms with Gasteiger partial charge < -0.3 is 29.1 Å². The van der Waals surface area contributed by atoms with Gasteiger partial charge in [-0.05, 0) is 13.0 Å². The van der Waals surface area contributed by atoms with Gasteiger partial charge in [0.1, 0.15) is 11.5 Å². The van der Waals surface area contributed by atoms with Crippen molar-refractivity contribution in [1.29, 1.82) is 0 Å². The highest BCUT2D eigenvalue weighted by Gasteiger charge is 2.30. The van der Waals surface area contributed by atoms with Gasteiger partial charge >= 0.3 is 5.63 Å². The summed E-state index contributed by atoms with van der Waals surface area (Å²) in [4.78, 5) is 24.6. The van der Waals surface area contributed by atoms with Crippen molar-refractivity contribution in [3.8, 4) is 23.0 Å². The Labute approximate surface area is 156 Å². The van der Waals surface area contributed by atoms with Crippen molar-refractivity contribution in [3.05, 3.63) is 45.5 Å². The molecule has 1 amide bonds. The zero-order valence-corrected chi connectivity index (χ0v) is 15.9. The Bertz CT molecular complexity index is 888. The lowest BCUT2D eigenvalue weighted by Gasteiger charge is -2.22. The first kappa shape index (κ1) is 20.2. The predicted octanol–water partition coefficient (Wildman–Crippen LogP) is 1.95. The average Bonchev–Trinajstić information content (AvgIpc) is 2.64. The molecule has 1 aromatic heterocycles.